The van der Waals surface area contributed by atoms with Crippen molar-refractivity contribution in [1.82, 2.24) is 0 Å². The molecule has 0 saturated carbocycles. The van der Waals surface area contributed by atoms with Crippen LogP contribution in [-0.4, -0.2) is 16.9 Å². The first-order chi connectivity index (χ1) is 7.86. The van der Waals surface area contributed by atoms with Gasteiger partial charge in [0.25, 0.3) is 0 Å². The lowest BCUT2D eigenvalue weighted by atomic mass is 10.3. The van der Waals surface area contributed by atoms with E-state index in [1.807, 2.05) is 6.92 Å². The van der Waals surface area contributed by atoms with Gasteiger partial charge in [-0.3, -0.25) is 0 Å². The minimum absolute atomic E-state index is 0. The highest BCUT2D eigenvalue weighted by molar-refractivity contribution is 6.83. The van der Waals surface area contributed by atoms with Crippen molar-refractivity contribution in [2.75, 3.05) is 0 Å². The van der Waals surface area contributed by atoms with Crippen LogP contribution in [0, 0.1) is 0 Å². The zero-order chi connectivity index (χ0) is 15.5. The molecule has 0 nitrogen and oxygen atoms in total. The Kier molecular flexibility index (Phi) is 15.3. The maximum absolute atomic E-state index is 2.38. The molecule has 0 atom stereocenters. The maximum atomic E-state index is 2.38. The molecule has 0 aliphatic carbocycles. The van der Waals surface area contributed by atoms with Gasteiger partial charge in [0, 0.05) is 10.2 Å². The van der Waals surface area contributed by atoms with Crippen LogP contribution in [0.25, 0.3) is 0 Å². The molecule has 0 aromatic carbocycles. The number of hydrogen-bond donors (Lipinski definition) is 0. The Bertz CT molecular complexity index is 248. The monoisotopic (exact) mass is 288 g/mol. The molecule has 0 unspecified atom stereocenters. The van der Waals surface area contributed by atoms with Crippen molar-refractivity contribution in [3.8, 4) is 0 Å². The van der Waals surface area contributed by atoms with E-state index in [9.17, 15) is 0 Å². The molecule has 0 fully saturated rings. The molecule has 0 amide bonds. The fourth-order valence-corrected chi connectivity index (χ4v) is 2.25. The molecule has 18 heavy (non-hydrogen) atoms. The summed E-state index contributed by atoms with van der Waals surface area (Å²) in [6.45, 7) is 26.9. The summed E-state index contributed by atoms with van der Waals surface area (Å²) in [5.74, 6) is 0. The lowest BCUT2D eigenvalue weighted by Crippen LogP contribution is -2.22. The number of allylic oxidation sites excluding steroid dienone is 4. The van der Waals surface area contributed by atoms with Gasteiger partial charge < -0.3 is 0 Å². The molecule has 0 aliphatic heterocycles. The molecule has 0 aromatic heterocycles. The largest absolute Gasteiger partial charge is 0.0890 e. The molecule has 0 radical (unpaired) electrons. The molecular formula is C16H40Si2. The topological polar surface area (TPSA) is 0 Å². The van der Waals surface area contributed by atoms with Crippen molar-refractivity contribution in [2.24, 2.45) is 0 Å². The summed E-state index contributed by atoms with van der Waals surface area (Å²) in [7, 11) is -1.08. The van der Waals surface area contributed by atoms with Gasteiger partial charge in [-0.15, -0.1) is 0 Å². The van der Waals surface area contributed by atoms with Crippen molar-refractivity contribution in [1.29, 1.82) is 0 Å². The Morgan fingerprint density at radius 1 is 0.889 bits per heavy atom. The van der Waals surface area contributed by atoms with Gasteiger partial charge in [-0.25, -0.2) is 0 Å². The number of hydrogen-bond acceptors (Lipinski definition) is 0. The van der Waals surface area contributed by atoms with Gasteiger partial charge in [-0.2, -0.15) is 0 Å². The molecule has 0 saturated heterocycles. The van der Waals surface area contributed by atoms with E-state index in [0.717, 1.165) is 0 Å². The highest BCUT2D eigenvalue weighted by atomic mass is 28.3. The first-order valence-corrected chi connectivity index (χ1v) is 14.1. The third-order valence-corrected chi connectivity index (χ3v) is 5.20. The zero-order valence-electron chi connectivity index (χ0n) is 15.2. The quantitative estimate of drug-likeness (QED) is 0.379. The predicted molar refractivity (Wildman–Crippen MR) is 99.4 cm³/mol. The molecule has 0 N–H and O–H groups in total. The van der Waals surface area contributed by atoms with Crippen molar-refractivity contribution >= 4 is 16.9 Å². The van der Waals surface area contributed by atoms with Crippen LogP contribution in [0.2, 0.25) is 39.3 Å². The second-order valence-corrected chi connectivity index (χ2v) is 15.7. The standard InChI is InChI=1S/C8H18Si.C5H10.C3H10Si.H2/c1-7(2)8(3)9(4,5)6;1-4-5(2)3;1-4(2)3;/h1-6H3;4H,1-3H3;4H,1-3H3;1H. The van der Waals surface area contributed by atoms with Gasteiger partial charge in [0.05, 0.1) is 8.07 Å². The smallest absolute Gasteiger partial charge is 0.0719 e. The van der Waals surface area contributed by atoms with E-state index in [2.05, 4.69) is 80.0 Å². The van der Waals surface area contributed by atoms with Crippen molar-refractivity contribution in [2.45, 2.75) is 80.8 Å². The van der Waals surface area contributed by atoms with E-state index in [4.69, 9.17) is 0 Å². The Hall–Kier alpha value is -0.0862. The minimum Gasteiger partial charge on any atom is -0.0890 e. The lowest BCUT2D eigenvalue weighted by molar-refractivity contribution is 1.31. The van der Waals surface area contributed by atoms with Crippen LogP contribution in [-0.2, 0) is 0 Å². The second-order valence-electron chi connectivity index (χ2n) is 6.97. The third kappa shape index (κ3) is 24.9. The van der Waals surface area contributed by atoms with Gasteiger partial charge in [0.15, 0.2) is 0 Å². The molecule has 0 aliphatic rings. The summed E-state index contributed by atoms with van der Waals surface area (Å²) < 4.78 is 0. The SMILES string of the molecule is CC(C)=C(C)[Si](C)(C)C.CC=C(C)C.C[SiH](C)C.[HH]. The highest BCUT2D eigenvalue weighted by Gasteiger charge is 2.15. The van der Waals surface area contributed by atoms with Crippen LogP contribution in [0.15, 0.2) is 22.4 Å². The van der Waals surface area contributed by atoms with Crippen LogP contribution in [0.3, 0.4) is 0 Å². The average molecular weight is 289 g/mol. The van der Waals surface area contributed by atoms with Crippen LogP contribution < -0.4 is 0 Å². The van der Waals surface area contributed by atoms with Crippen LogP contribution >= 0.6 is 0 Å². The first kappa shape index (κ1) is 23.0. The van der Waals surface area contributed by atoms with Gasteiger partial charge in [0.2, 0.25) is 0 Å². The normalized spacial score (nSPS) is 9.61. The van der Waals surface area contributed by atoms with Gasteiger partial charge in [-0.1, -0.05) is 61.7 Å². The molecule has 0 aromatic rings. The minimum atomic E-state index is -0.944. The Morgan fingerprint density at radius 3 is 1.11 bits per heavy atom. The Labute approximate surface area is 122 Å². The van der Waals surface area contributed by atoms with Crippen molar-refractivity contribution in [3.63, 3.8) is 0 Å². The summed E-state index contributed by atoms with van der Waals surface area (Å²) >= 11 is 0. The molecule has 0 bridgehead atoms. The fourth-order valence-electron chi connectivity index (χ4n) is 0.750. The summed E-state index contributed by atoms with van der Waals surface area (Å²) in [4.78, 5) is 0. The van der Waals surface area contributed by atoms with E-state index in [1.165, 1.54) is 11.1 Å². The van der Waals surface area contributed by atoms with E-state index in [0.29, 0.717) is 0 Å². The summed E-state index contributed by atoms with van der Waals surface area (Å²) in [5, 5.41) is 1.64. The summed E-state index contributed by atoms with van der Waals surface area (Å²) in [5.41, 5.74) is 2.89. The summed E-state index contributed by atoms with van der Waals surface area (Å²) in [6.07, 6.45) is 2.08. The highest BCUT2D eigenvalue weighted by Crippen LogP contribution is 2.16. The van der Waals surface area contributed by atoms with E-state index in [-0.39, 0.29) is 10.2 Å². The van der Waals surface area contributed by atoms with Crippen LogP contribution in [0.4, 0.5) is 0 Å². The van der Waals surface area contributed by atoms with Crippen LogP contribution in [0.5, 0.6) is 0 Å². The third-order valence-electron chi connectivity index (χ3n) is 2.45. The van der Waals surface area contributed by atoms with Gasteiger partial charge >= 0.3 is 0 Å². The van der Waals surface area contributed by atoms with E-state index >= 15 is 0 Å². The maximum Gasteiger partial charge on any atom is 0.0719 e. The average Bonchev–Trinajstić information content (AvgIpc) is 2.15. The first-order valence-electron chi connectivity index (χ1n) is 7.10. The fraction of sp³-hybridized carbons (Fsp3) is 0.750. The van der Waals surface area contributed by atoms with E-state index < -0.39 is 8.07 Å². The zero-order valence-corrected chi connectivity index (χ0v) is 17.3. The molecule has 0 spiro atoms. The van der Waals surface area contributed by atoms with Crippen molar-refractivity contribution < 1.29 is 1.43 Å². The predicted octanol–water partition coefficient (Wildman–Crippen LogP) is 6.54. The molecule has 112 valence electrons. The molecule has 0 heterocycles. The molecule has 2 heteroatoms. The van der Waals surface area contributed by atoms with E-state index in [1.54, 1.807) is 5.20 Å². The lowest BCUT2D eigenvalue weighted by Gasteiger charge is -2.18. The summed E-state index contributed by atoms with van der Waals surface area (Å²) in [6, 6.07) is 0. The van der Waals surface area contributed by atoms with Gasteiger partial charge in [0.1, 0.15) is 0 Å². The Balaban J connectivity index is -0.0000000964. The van der Waals surface area contributed by atoms with Gasteiger partial charge in [-0.05, 0) is 41.5 Å². The molecular weight excluding hydrogens is 248 g/mol. The number of rotatable bonds is 1. The van der Waals surface area contributed by atoms with Crippen LogP contribution in [0.1, 0.15) is 43.0 Å². The Morgan fingerprint density at radius 2 is 1.11 bits per heavy atom. The van der Waals surface area contributed by atoms with Crippen molar-refractivity contribution in [3.05, 3.63) is 22.4 Å². The second kappa shape index (κ2) is 12.0. The molecule has 0 rings (SSSR count).